The molecule has 0 N–H and O–H groups in total. The molecule has 3 aliphatic rings. The first-order valence-corrected chi connectivity index (χ1v) is 23.5. The van der Waals surface area contributed by atoms with Crippen LogP contribution in [0.4, 0.5) is 34.1 Å². The van der Waals surface area contributed by atoms with Crippen molar-refractivity contribution in [3.63, 3.8) is 0 Å². The third-order valence-corrected chi connectivity index (χ3v) is 13.4. The van der Waals surface area contributed by atoms with E-state index in [1.54, 1.807) is 89.9 Å². The van der Waals surface area contributed by atoms with Gasteiger partial charge in [-0.15, -0.1) is 0 Å². The van der Waals surface area contributed by atoms with Gasteiger partial charge in [-0.1, -0.05) is 27.9 Å². The molecule has 7 rings (SSSR count). The van der Waals surface area contributed by atoms with Gasteiger partial charge in [0.1, 0.15) is 50.1 Å². The predicted octanol–water partition coefficient (Wildman–Crippen LogP) is 8.50. The second kappa shape index (κ2) is 13.5. The molecule has 2 atom stereocenters. The molecule has 10 nitrogen and oxygen atoms in total. The van der Waals surface area contributed by atoms with Crippen molar-refractivity contribution in [1.29, 1.82) is 0 Å². The number of anilines is 2. The highest BCUT2D eigenvalue weighted by atomic mass is 79.9. The van der Waals surface area contributed by atoms with Crippen LogP contribution in [0.1, 0.15) is 37.6 Å². The lowest BCUT2D eigenvalue weighted by Crippen LogP contribution is -2.57. The van der Waals surface area contributed by atoms with Gasteiger partial charge in [-0.2, -0.15) is 18.1 Å². The minimum atomic E-state index is -4.57. The Labute approximate surface area is 325 Å². The molecule has 3 aliphatic heterocycles. The second-order valence-corrected chi connectivity index (χ2v) is 22.8. The Balaban J connectivity index is 1.43. The van der Waals surface area contributed by atoms with E-state index < -0.39 is 56.9 Å². The first kappa shape index (κ1) is 39.1. The lowest BCUT2D eigenvalue weighted by atomic mass is 10.1. The summed E-state index contributed by atoms with van der Waals surface area (Å²) >= 11 is 3.44. The molecule has 2 unspecified atom stereocenters. The van der Waals surface area contributed by atoms with Gasteiger partial charge in [0, 0.05) is 44.4 Å². The molecule has 0 spiro atoms. The smallest absolute Gasteiger partial charge is 0.423 e. The number of nitrogens with zero attached hydrogens (tertiary/aromatic N) is 3. The molecule has 290 valence electrons. The average Bonchev–Trinajstić information content (AvgIpc) is 3.78. The minimum Gasteiger partial charge on any atom is -0.491 e. The Bertz CT molecular complexity index is 2450. The van der Waals surface area contributed by atoms with Gasteiger partial charge >= 0.3 is 18.3 Å². The van der Waals surface area contributed by atoms with Crippen molar-refractivity contribution >= 4 is 75.2 Å². The van der Waals surface area contributed by atoms with Gasteiger partial charge in [0.05, 0.1) is 29.2 Å². The Kier molecular flexibility index (Phi) is 9.59. The van der Waals surface area contributed by atoms with Gasteiger partial charge in [-0.25, -0.2) is 9.59 Å². The maximum Gasteiger partial charge on any atom is 0.423 e. The van der Waals surface area contributed by atoms with Crippen LogP contribution in [0.2, 0.25) is 0 Å². The van der Waals surface area contributed by atoms with Crippen molar-refractivity contribution in [2.24, 2.45) is 0 Å². The van der Waals surface area contributed by atoms with Crippen LogP contribution < -0.4 is 29.9 Å². The molecule has 0 radical (unpaired) electrons. The first-order valence-electron chi connectivity index (χ1n) is 17.5. The topological polar surface area (TPSA) is 107 Å². The molecular formula is C39H39BrF3N3O7P2. The molecule has 55 heavy (non-hydrogen) atoms. The summed E-state index contributed by atoms with van der Waals surface area (Å²) < 4.78 is 88.4. The number of rotatable bonds is 4. The van der Waals surface area contributed by atoms with Gasteiger partial charge in [0.15, 0.2) is 0 Å². The summed E-state index contributed by atoms with van der Waals surface area (Å²) in [5.41, 5.74) is 0.867. The fraction of sp³-hybridized carbons (Fsp3) is 0.385. The average molecular weight is 861 g/mol. The maximum atomic E-state index is 15.3. The Hall–Kier alpha value is -4.17. The van der Waals surface area contributed by atoms with Crippen LogP contribution in [0.25, 0.3) is 10.9 Å². The molecule has 16 heteroatoms. The molecule has 1 aromatic heterocycles. The van der Waals surface area contributed by atoms with Crippen LogP contribution in [0.5, 0.6) is 11.5 Å². The third-order valence-electron chi connectivity index (χ3n) is 9.55. The summed E-state index contributed by atoms with van der Waals surface area (Å²) in [6, 6.07) is 10.8. The normalized spacial score (nSPS) is 17.6. The van der Waals surface area contributed by atoms with Gasteiger partial charge in [-0.3, -0.25) is 4.90 Å². The lowest BCUT2D eigenvalue weighted by molar-refractivity contribution is -0.140. The molecule has 4 aromatic rings. The maximum absolute atomic E-state index is 15.3. The molecule has 4 heterocycles. The van der Waals surface area contributed by atoms with Crippen LogP contribution in [-0.2, 0) is 33.3 Å². The van der Waals surface area contributed by atoms with Crippen molar-refractivity contribution in [1.82, 2.24) is 4.57 Å². The third kappa shape index (κ3) is 7.32. The van der Waals surface area contributed by atoms with Crippen molar-refractivity contribution < 1.29 is 46.1 Å². The van der Waals surface area contributed by atoms with Crippen molar-refractivity contribution in [2.45, 2.75) is 64.1 Å². The standard InChI is InChI=1S/C39H39BrF3N3O7P2/c1-38(2,3)53-37(48)46(29-13-15-32(54(4,5)49)23-17-18-51-34(23)29)36(47)45-28(31-20-25-33(55(6,7)50)16-14-30(45)35(25)52-31)12-11-22-19-24-26(40)9-8-10-27(24)44(22)21-39(41,42)43/h8-10,13-16,19,28,31H,17-18,20-21H2,1-7H3. The number of halogens is 4. The number of hydrogen-bond donors (Lipinski definition) is 0. The highest BCUT2D eigenvalue weighted by Gasteiger charge is 2.49. The van der Waals surface area contributed by atoms with E-state index in [-0.39, 0.29) is 35.8 Å². The van der Waals surface area contributed by atoms with Crippen LogP contribution in [0.15, 0.2) is 53.0 Å². The van der Waals surface area contributed by atoms with Gasteiger partial charge < -0.3 is 27.9 Å². The molecule has 3 amide bonds. The molecule has 0 saturated carbocycles. The molecule has 0 fully saturated rings. The van der Waals surface area contributed by atoms with Gasteiger partial charge in [0.25, 0.3) is 0 Å². The van der Waals surface area contributed by atoms with Crippen molar-refractivity contribution in [3.8, 4) is 23.3 Å². The van der Waals surface area contributed by atoms with Gasteiger partial charge in [-0.05, 0) is 95.8 Å². The van der Waals surface area contributed by atoms with Crippen molar-refractivity contribution in [2.75, 3.05) is 43.1 Å². The molecule has 3 aromatic carbocycles. The summed E-state index contributed by atoms with van der Waals surface area (Å²) in [5, 5.41) is 1.65. The van der Waals surface area contributed by atoms with E-state index >= 15 is 4.79 Å². The number of alkyl halides is 3. The fourth-order valence-electron chi connectivity index (χ4n) is 7.38. The summed E-state index contributed by atoms with van der Waals surface area (Å²) in [6.45, 7) is 10.4. The number of amides is 3. The van der Waals surface area contributed by atoms with E-state index in [0.29, 0.717) is 49.3 Å². The number of ether oxygens (including phenoxy) is 3. The number of urea groups is 1. The molecular weight excluding hydrogens is 821 g/mol. The molecule has 0 saturated heterocycles. The van der Waals surface area contributed by atoms with Crippen LogP contribution in [-0.4, -0.2) is 73.9 Å². The molecule has 2 bridgehead atoms. The SMILES string of the molecule is CC(C)(C)OC(=O)N(C(=O)N1c2ccc(P(C)(C)=O)c3c2OC(C3)C1C#Cc1cc2c(Br)cccc2n1CC(F)(F)F)c1ccc(P(C)(C)=O)c2c1OCC2. The molecule has 0 aliphatic carbocycles. The number of fused-ring (bicyclic) bond motifs is 3. The van der Waals surface area contributed by atoms with E-state index in [2.05, 4.69) is 27.8 Å². The van der Waals surface area contributed by atoms with Gasteiger partial charge in [0.2, 0.25) is 0 Å². The van der Waals surface area contributed by atoms with Crippen LogP contribution in [0.3, 0.4) is 0 Å². The fourth-order valence-corrected chi connectivity index (χ4v) is 10.4. The Morgan fingerprint density at radius 3 is 2.31 bits per heavy atom. The van der Waals surface area contributed by atoms with E-state index in [4.69, 9.17) is 14.2 Å². The number of benzene rings is 3. The lowest BCUT2D eigenvalue weighted by Gasteiger charge is -2.38. The second-order valence-electron chi connectivity index (χ2n) is 15.6. The van der Waals surface area contributed by atoms with E-state index in [9.17, 15) is 27.1 Å². The van der Waals surface area contributed by atoms with E-state index in [0.717, 1.165) is 9.47 Å². The first-order chi connectivity index (χ1) is 25.5. The predicted molar refractivity (Wildman–Crippen MR) is 211 cm³/mol. The summed E-state index contributed by atoms with van der Waals surface area (Å²) in [4.78, 5) is 31.7. The summed E-state index contributed by atoms with van der Waals surface area (Å²) in [6.07, 6.45) is -5.83. The Morgan fingerprint density at radius 2 is 1.65 bits per heavy atom. The monoisotopic (exact) mass is 859 g/mol. The van der Waals surface area contributed by atoms with Crippen molar-refractivity contribution in [3.05, 3.63) is 69.8 Å². The Morgan fingerprint density at radius 1 is 0.982 bits per heavy atom. The minimum absolute atomic E-state index is 0.0452. The highest BCUT2D eigenvalue weighted by molar-refractivity contribution is 9.10. The van der Waals surface area contributed by atoms with Crippen LogP contribution >= 0.6 is 30.2 Å². The van der Waals surface area contributed by atoms with Crippen LogP contribution in [0, 0.1) is 11.8 Å². The summed E-state index contributed by atoms with van der Waals surface area (Å²) in [5.74, 6) is 6.53. The summed E-state index contributed by atoms with van der Waals surface area (Å²) in [7, 11) is -5.65. The zero-order valence-corrected chi connectivity index (χ0v) is 34.6. The number of carbonyl (C=O) groups excluding carboxylic acids is 2. The highest BCUT2D eigenvalue weighted by Crippen LogP contribution is 2.51. The van der Waals surface area contributed by atoms with E-state index in [1.807, 2.05) is 0 Å². The number of imide groups is 1. The zero-order valence-electron chi connectivity index (χ0n) is 31.2. The largest absolute Gasteiger partial charge is 0.491 e. The zero-order chi connectivity index (χ0) is 40.0. The number of carbonyl (C=O) groups is 2. The number of hydrogen-bond acceptors (Lipinski definition) is 7. The quantitative estimate of drug-likeness (QED) is 0.150. The van der Waals surface area contributed by atoms with E-state index in [1.165, 1.54) is 11.0 Å². The number of aromatic nitrogens is 1.